The maximum atomic E-state index is 11.5. The van der Waals surface area contributed by atoms with Gasteiger partial charge in [0, 0.05) is 0 Å². The number of hydrogen-bond acceptors (Lipinski definition) is 5. The summed E-state index contributed by atoms with van der Waals surface area (Å²) in [5.74, 6) is -2.16. The van der Waals surface area contributed by atoms with Crippen LogP contribution in [0.4, 0.5) is 5.69 Å². The van der Waals surface area contributed by atoms with Crippen LogP contribution in [0.1, 0.15) is 13.8 Å². The molecule has 0 heterocycles. The van der Waals surface area contributed by atoms with Gasteiger partial charge in [0.25, 0.3) is 0 Å². The fourth-order valence-electron chi connectivity index (χ4n) is 1.26. The molecule has 0 aliphatic carbocycles. The lowest BCUT2D eigenvalue weighted by Crippen LogP contribution is -2.28. The first-order valence-corrected chi connectivity index (χ1v) is 6.90. The third-order valence-electron chi connectivity index (χ3n) is 1.97. The second-order valence-electron chi connectivity index (χ2n) is 3.95. The number of amides is 1. The number of carbonyl (C=O) groups is 2. The lowest BCUT2D eigenvalue weighted by atomic mass is 10.3. The molecule has 0 saturated heterocycles. The average Bonchev–Trinajstić information content (AvgIpc) is 2.27. The van der Waals surface area contributed by atoms with Gasteiger partial charge in [-0.2, -0.15) is 0 Å². The number of ether oxygens (including phenoxy) is 1. The Balaban J connectivity index is 2.95. The van der Waals surface area contributed by atoms with Gasteiger partial charge in [0.1, 0.15) is 4.90 Å². The SMILES string of the molecule is CC(C)OC(=O)C(=O)Nc1ccccc1S(N)(=O)=O. The van der Waals surface area contributed by atoms with Crippen LogP contribution in [0.15, 0.2) is 29.2 Å². The average molecular weight is 286 g/mol. The molecule has 0 aromatic heterocycles. The number of nitrogens with two attached hydrogens (primary N) is 1. The maximum absolute atomic E-state index is 11.5. The number of rotatable bonds is 3. The van der Waals surface area contributed by atoms with Crippen molar-refractivity contribution in [1.29, 1.82) is 0 Å². The van der Waals surface area contributed by atoms with Crippen molar-refractivity contribution in [2.45, 2.75) is 24.8 Å². The van der Waals surface area contributed by atoms with Crippen LogP contribution in [-0.4, -0.2) is 26.4 Å². The molecule has 0 radical (unpaired) electrons. The molecule has 19 heavy (non-hydrogen) atoms. The molecule has 1 aromatic carbocycles. The molecule has 0 spiro atoms. The Bertz CT molecular complexity index is 595. The molecule has 104 valence electrons. The zero-order chi connectivity index (χ0) is 14.6. The number of primary sulfonamides is 1. The number of hydrogen-bond donors (Lipinski definition) is 2. The van der Waals surface area contributed by atoms with Gasteiger partial charge in [0.2, 0.25) is 10.0 Å². The first kappa shape index (κ1) is 15.1. The highest BCUT2D eigenvalue weighted by Gasteiger charge is 2.20. The second-order valence-corrected chi connectivity index (χ2v) is 5.48. The summed E-state index contributed by atoms with van der Waals surface area (Å²) in [5.41, 5.74) is -0.0734. The lowest BCUT2D eigenvalue weighted by molar-refractivity contribution is -0.155. The Kier molecular flexibility index (Phi) is 4.62. The summed E-state index contributed by atoms with van der Waals surface area (Å²) >= 11 is 0. The minimum Gasteiger partial charge on any atom is -0.456 e. The van der Waals surface area contributed by atoms with E-state index in [-0.39, 0.29) is 10.6 Å². The summed E-state index contributed by atoms with van der Waals surface area (Å²) in [6.07, 6.45) is -0.452. The van der Waals surface area contributed by atoms with Gasteiger partial charge < -0.3 is 10.1 Å². The highest BCUT2D eigenvalue weighted by molar-refractivity contribution is 7.89. The minimum atomic E-state index is -3.99. The number of anilines is 1. The predicted molar refractivity (Wildman–Crippen MR) is 67.7 cm³/mol. The molecule has 1 rings (SSSR count). The van der Waals surface area contributed by atoms with Crippen LogP contribution in [-0.2, 0) is 24.3 Å². The van der Waals surface area contributed by atoms with Crippen LogP contribution in [0.5, 0.6) is 0 Å². The van der Waals surface area contributed by atoms with Gasteiger partial charge >= 0.3 is 11.9 Å². The third kappa shape index (κ3) is 4.34. The van der Waals surface area contributed by atoms with Crippen LogP contribution >= 0.6 is 0 Å². The molecule has 0 unspecified atom stereocenters. The Morgan fingerprint density at radius 1 is 1.26 bits per heavy atom. The van der Waals surface area contributed by atoms with E-state index in [4.69, 9.17) is 5.14 Å². The van der Waals surface area contributed by atoms with Crippen molar-refractivity contribution in [3.05, 3.63) is 24.3 Å². The normalized spacial score (nSPS) is 11.2. The summed E-state index contributed by atoms with van der Waals surface area (Å²) in [4.78, 5) is 22.5. The van der Waals surface area contributed by atoms with Crippen molar-refractivity contribution in [2.24, 2.45) is 5.14 Å². The number of sulfonamides is 1. The van der Waals surface area contributed by atoms with E-state index in [0.717, 1.165) is 0 Å². The first-order chi connectivity index (χ1) is 8.71. The molecule has 8 heteroatoms. The lowest BCUT2D eigenvalue weighted by Gasteiger charge is -2.10. The van der Waals surface area contributed by atoms with Crippen LogP contribution in [0.25, 0.3) is 0 Å². The second kappa shape index (κ2) is 5.81. The van der Waals surface area contributed by atoms with Gasteiger partial charge in [0.05, 0.1) is 11.8 Å². The minimum absolute atomic E-state index is 0.0734. The van der Waals surface area contributed by atoms with E-state index >= 15 is 0 Å². The van der Waals surface area contributed by atoms with Crippen LogP contribution < -0.4 is 10.5 Å². The van der Waals surface area contributed by atoms with Gasteiger partial charge in [-0.05, 0) is 26.0 Å². The van der Waals surface area contributed by atoms with Crippen molar-refractivity contribution in [3.63, 3.8) is 0 Å². The summed E-state index contributed by atoms with van der Waals surface area (Å²) in [6.45, 7) is 3.17. The standard InChI is InChI=1S/C11H14N2O5S/c1-7(2)18-11(15)10(14)13-8-5-3-4-6-9(8)19(12,16)17/h3-7H,1-2H3,(H,13,14)(H2,12,16,17). The molecule has 0 bridgehead atoms. The smallest absolute Gasteiger partial charge is 0.397 e. The number of esters is 1. The zero-order valence-electron chi connectivity index (χ0n) is 10.4. The maximum Gasteiger partial charge on any atom is 0.397 e. The highest BCUT2D eigenvalue weighted by atomic mass is 32.2. The Hall–Kier alpha value is -1.93. The largest absolute Gasteiger partial charge is 0.456 e. The summed E-state index contributed by atoms with van der Waals surface area (Å²) < 4.78 is 27.3. The third-order valence-corrected chi connectivity index (χ3v) is 2.94. The van der Waals surface area contributed by atoms with Crippen LogP contribution in [0.2, 0.25) is 0 Å². The van der Waals surface area contributed by atoms with E-state index in [1.807, 2.05) is 0 Å². The monoisotopic (exact) mass is 286 g/mol. The van der Waals surface area contributed by atoms with E-state index < -0.39 is 28.0 Å². The van der Waals surface area contributed by atoms with E-state index in [2.05, 4.69) is 10.1 Å². The van der Waals surface area contributed by atoms with Gasteiger partial charge in [0.15, 0.2) is 0 Å². The van der Waals surface area contributed by atoms with Gasteiger partial charge in [-0.1, -0.05) is 12.1 Å². The molecule has 0 aliphatic rings. The van der Waals surface area contributed by atoms with Gasteiger partial charge in [-0.3, -0.25) is 4.79 Å². The quantitative estimate of drug-likeness (QED) is 0.609. The zero-order valence-corrected chi connectivity index (χ0v) is 11.2. The van der Waals surface area contributed by atoms with Gasteiger partial charge in [-0.15, -0.1) is 0 Å². The van der Waals surface area contributed by atoms with Crippen molar-refractivity contribution in [2.75, 3.05) is 5.32 Å². The highest BCUT2D eigenvalue weighted by Crippen LogP contribution is 2.19. The molecule has 0 aliphatic heterocycles. The number of para-hydroxylation sites is 1. The van der Waals surface area contributed by atoms with Crippen LogP contribution in [0.3, 0.4) is 0 Å². The van der Waals surface area contributed by atoms with E-state index in [1.165, 1.54) is 24.3 Å². The molecule has 0 atom stereocenters. The molecule has 1 amide bonds. The fourth-order valence-corrected chi connectivity index (χ4v) is 1.95. The molecule has 0 fully saturated rings. The molecule has 1 aromatic rings. The summed E-state index contributed by atoms with van der Waals surface area (Å²) in [5, 5.41) is 7.14. The first-order valence-electron chi connectivity index (χ1n) is 5.35. The Labute approximate surface area is 110 Å². The van der Waals surface area contributed by atoms with E-state index in [9.17, 15) is 18.0 Å². The van der Waals surface area contributed by atoms with Crippen molar-refractivity contribution in [1.82, 2.24) is 0 Å². The number of nitrogens with one attached hydrogen (secondary N) is 1. The molecule has 7 nitrogen and oxygen atoms in total. The molecular formula is C11H14N2O5S. The number of benzene rings is 1. The summed E-state index contributed by atoms with van der Waals surface area (Å²) in [6, 6.07) is 5.49. The number of carbonyl (C=O) groups excluding carboxylic acids is 2. The van der Waals surface area contributed by atoms with Gasteiger partial charge in [-0.25, -0.2) is 18.4 Å². The molecular weight excluding hydrogens is 272 g/mol. The summed E-state index contributed by atoms with van der Waals surface area (Å²) in [7, 11) is -3.99. The van der Waals surface area contributed by atoms with E-state index in [0.29, 0.717) is 0 Å². The van der Waals surface area contributed by atoms with Crippen molar-refractivity contribution in [3.8, 4) is 0 Å². The fraction of sp³-hybridized carbons (Fsp3) is 0.273. The van der Waals surface area contributed by atoms with Crippen molar-refractivity contribution < 1.29 is 22.7 Å². The van der Waals surface area contributed by atoms with Crippen LogP contribution in [0, 0.1) is 0 Å². The Morgan fingerprint density at radius 2 is 1.84 bits per heavy atom. The molecule has 3 N–H and O–H groups in total. The molecule has 0 saturated carbocycles. The predicted octanol–water partition coefficient (Wildman–Crippen LogP) is 0.224. The van der Waals surface area contributed by atoms with E-state index in [1.54, 1.807) is 13.8 Å². The Morgan fingerprint density at radius 3 is 2.37 bits per heavy atom. The topological polar surface area (TPSA) is 116 Å². The van der Waals surface area contributed by atoms with Crippen molar-refractivity contribution >= 4 is 27.6 Å².